The van der Waals surface area contributed by atoms with Crippen molar-refractivity contribution in [3.05, 3.63) is 83.4 Å². The summed E-state index contributed by atoms with van der Waals surface area (Å²) in [5.74, 6) is 0.247. The van der Waals surface area contributed by atoms with Crippen molar-refractivity contribution >= 4 is 27.3 Å². The van der Waals surface area contributed by atoms with Crippen LogP contribution in [-0.4, -0.2) is 21.4 Å². The van der Waals surface area contributed by atoms with Gasteiger partial charge in [-0.15, -0.1) is 0 Å². The Bertz CT molecular complexity index is 1140. The van der Waals surface area contributed by atoms with Gasteiger partial charge in [-0.3, -0.25) is 9.52 Å². The fraction of sp³-hybridized carbons (Fsp3) is 0.136. The quantitative estimate of drug-likeness (QED) is 0.632. The van der Waals surface area contributed by atoms with Gasteiger partial charge in [0, 0.05) is 16.9 Å². The molecule has 0 atom stereocenters. The van der Waals surface area contributed by atoms with Gasteiger partial charge in [0.15, 0.2) is 0 Å². The normalized spacial score (nSPS) is 11.0. The number of nitrogens with one attached hydrogen (secondary N) is 2. The molecule has 3 aromatic rings. The Kier molecular flexibility index (Phi) is 5.89. The molecule has 0 saturated heterocycles. The highest BCUT2D eigenvalue weighted by atomic mass is 32.2. The smallest absolute Gasteiger partial charge is 0.261 e. The van der Waals surface area contributed by atoms with E-state index in [0.717, 1.165) is 11.1 Å². The number of benzene rings is 3. The molecular weight excluding hydrogens is 388 g/mol. The first-order valence-corrected chi connectivity index (χ1v) is 10.4. The maximum atomic E-state index is 12.7. The minimum absolute atomic E-state index is 0.00148. The van der Waals surface area contributed by atoms with E-state index in [2.05, 4.69) is 10.0 Å². The second kappa shape index (κ2) is 8.36. The van der Waals surface area contributed by atoms with Crippen molar-refractivity contribution < 1.29 is 17.9 Å². The minimum atomic E-state index is -3.85. The van der Waals surface area contributed by atoms with Gasteiger partial charge in [0.1, 0.15) is 5.75 Å². The molecule has 0 fully saturated rings. The van der Waals surface area contributed by atoms with E-state index in [1.165, 1.54) is 19.2 Å². The zero-order valence-corrected chi connectivity index (χ0v) is 17.2. The van der Waals surface area contributed by atoms with Crippen LogP contribution in [0.1, 0.15) is 21.5 Å². The van der Waals surface area contributed by atoms with E-state index >= 15 is 0 Å². The van der Waals surface area contributed by atoms with Crippen molar-refractivity contribution in [1.29, 1.82) is 0 Å². The summed E-state index contributed by atoms with van der Waals surface area (Å²) in [6.07, 6.45) is 0. The predicted octanol–water partition coefficient (Wildman–Crippen LogP) is 4.37. The van der Waals surface area contributed by atoms with Gasteiger partial charge < -0.3 is 10.1 Å². The third-order valence-electron chi connectivity index (χ3n) is 4.38. The maximum absolute atomic E-state index is 12.7. The number of carbonyl (C=O) groups is 1. The van der Waals surface area contributed by atoms with Gasteiger partial charge in [0.2, 0.25) is 0 Å². The summed E-state index contributed by atoms with van der Waals surface area (Å²) in [4.78, 5) is 12.6. The third kappa shape index (κ3) is 4.94. The average molecular weight is 410 g/mol. The van der Waals surface area contributed by atoms with Crippen molar-refractivity contribution in [1.82, 2.24) is 0 Å². The van der Waals surface area contributed by atoms with Gasteiger partial charge in [-0.05, 0) is 67.9 Å². The number of ether oxygens (including phenoxy) is 1. The van der Waals surface area contributed by atoms with Crippen molar-refractivity contribution in [3.8, 4) is 5.75 Å². The standard InChI is InChI=1S/C22H22N2O4S/c1-15-7-12-21(16(2)13-15)23-22(25)17-5-4-6-20(14-17)29(26,27)24-18-8-10-19(28-3)11-9-18/h4-14,24H,1-3H3,(H,23,25). The van der Waals surface area contributed by atoms with Gasteiger partial charge in [0.05, 0.1) is 12.0 Å². The molecule has 3 rings (SSSR count). The number of rotatable bonds is 6. The lowest BCUT2D eigenvalue weighted by molar-refractivity contribution is 0.102. The number of sulfonamides is 1. The van der Waals surface area contributed by atoms with Crippen LogP contribution >= 0.6 is 0 Å². The average Bonchev–Trinajstić information content (AvgIpc) is 2.70. The highest BCUT2D eigenvalue weighted by Gasteiger charge is 2.17. The van der Waals surface area contributed by atoms with Crippen LogP contribution in [0, 0.1) is 13.8 Å². The van der Waals surface area contributed by atoms with Gasteiger partial charge in [-0.25, -0.2) is 8.42 Å². The molecule has 0 radical (unpaired) electrons. The van der Waals surface area contributed by atoms with Crippen LogP contribution in [0.25, 0.3) is 0 Å². The van der Waals surface area contributed by atoms with Gasteiger partial charge >= 0.3 is 0 Å². The monoisotopic (exact) mass is 410 g/mol. The largest absolute Gasteiger partial charge is 0.497 e. The van der Waals surface area contributed by atoms with E-state index in [1.807, 2.05) is 32.0 Å². The minimum Gasteiger partial charge on any atom is -0.497 e. The van der Waals surface area contributed by atoms with Crippen molar-refractivity contribution in [2.24, 2.45) is 0 Å². The van der Waals surface area contributed by atoms with Crippen molar-refractivity contribution in [3.63, 3.8) is 0 Å². The lowest BCUT2D eigenvalue weighted by Crippen LogP contribution is -2.16. The molecule has 0 aliphatic carbocycles. The molecule has 3 aromatic carbocycles. The lowest BCUT2D eigenvalue weighted by Gasteiger charge is -2.11. The second-order valence-electron chi connectivity index (χ2n) is 6.63. The first kappa shape index (κ1) is 20.4. The highest BCUT2D eigenvalue weighted by molar-refractivity contribution is 7.92. The number of amides is 1. The molecule has 0 heterocycles. The molecule has 0 saturated carbocycles. The number of aryl methyl sites for hydroxylation is 2. The second-order valence-corrected chi connectivity index (χ2v) is 8.32. The zero-order valence-electron chi connectivity index (χ0n) is 16.4. The van der Waals surface area contributed by atoms with Crippen LogP contribution in [0.4, 0.5) is 11.4 Å². The van der Waals surface area contributed by atoms with Gasteiger partial charge in [0.25, 0.3) is 15.9 Å². The number of anilines is 2. The fourth-order valence-corrected chi connectivity index (χ4v) is 3.93. The van der Waals surface area contributed by atoms with E-state index in [0.29, 0.717) is 17.1 Å². The first-order chi connectivity index (χ1) is 13.8. The molecule has 2 N–H and O–H groups in total. The van der Waals surface area contributed by atoms with E-state index in [4.69, 9.17) is 4.74 Å². The Hall–Kier alpha value is -3.32. The van der Waals surface area contributed by atoms with E-state index < -0.39 is 10.0 Å². The van der Waals surface area contributed by atoms with E-state index in [-0.39, 0.29) is 16.4 Å². The lowest BCUT2D eigenvalue weighted by atomic mass is 10.1. The maximum Gasteiger partial charge on any atom is 0.261 e. The Morgan fingerprint density at radius 3 is 2.31 bits per heavy atom. The van der Waals surface area contributed by atoms with Gasteiger partial charge in [-0.1, -0.05) is 23.8 Å². The molecule has 150 valence electrons. The molecule has 29 heavy (non-hydrogen) atoms. The highest BCUT2D eigenvalue weighted by Crippen LogP contribution is 2.21. The molecule has 0 aromatic heterocycles. The van der Waals surface area contributed by atoms with Crippen LogP contribution in [0.15, 0.2) is 71.6 Å². The summed E-state index contributed by atoms with van der Waals surface area (Å²) in [7, 11) is -2.31. The van der Waals surface area contributed by atoms with Crippen LogP contribution in [-0.2, 0) is 10.0 Å². The SMILES string of the molecule is COc1ccc(NS(=O)(=O)c2cccc(C(=O)Nc3ccc(C)cc3C)c2)cc1. The summed E-state index contributed by atoms with van der Waals surface area (Å²) in [6.45, 7) is 3.88. The first-order valence-electron chi connectivity index (χ1n) is 8.94. The predicted molar refractivity (Wildman–Crippen MR) is 114 cm³/mol. The molecule has 0 aliphatic rings. The number of methoxy groups -OCH3 is 1. The molecule has 1 amide bonds. The Balaban J connectivity index is 1.80. The topological polar surface area (TPSA) is 84.5 Å². The van der Waals surface area contributed by atoms with E-state index in [9.17, 15) is 13.2 Å². The summed E-state index contributed by atoms with van der Waals surface area (Å²) in [5, 5.41) is 2.83. The Morgan fingerprint density at radius 2 is 1.66 bits per heavy atom. The number of carbonyl (C=O) groups excluding carboxylic acids is 1. The number of hydrogen-bond donors (Lipinski definition) is 2. The van der Waals surface area contributed by atoms with Crippen LogP contribution in [0.2, 0.25) is 0 Å². The Morgan fingerprint density at radius 1 is 0.931 bits per heavy atom. The van der Waals surface area contributed by atoms with Crippen molar-refractivity contribution in [2.45, 2.75) is 18.7 Å². The van der Waals surface area contributed by atoms with Crippen LogP contribution in [0.5, 0.6) is 5.75 Å². The van der Waals surface area contributed by atoms with Crippen LogP contribution in [0.3, 0.4) is 0 Å². The zero-order chi connectivity index (χ0) is 21.0. The molecule has 6 nitrogen and oxygen atoms in total. The summed E-state index contributed by atoms with van der Waals surface area (Å²) >= 11 is 0. The Labute approximate surface area is 170 Å². The third-order valence-corrected chi connectivity index (χ3v) is 5.76. The molecule has 0 spiro atoms. The summed E-state index contributed by atoms with van der Waals surface area (Å²) in [6, 6.07) is 18.1. The summed E-state index contributed by atoms with van der Waals surface area (Å²) < 4.78 is 33.0. The molecule has 0 unspecified atom stereocenters. The fourth-order valence-electron chi connectivity index (χ4n) is 2.83. The van der Waals surface area contributed by atoms with E-state index in [1.54, 1.807) is 36.4 Å². The van der Waals surface area contributed by atoms with Gasteiger partial charge in [-0.2, -0.15) is 0 Å². The molecule has 7 heteroatoms. The molecular formula is C22H22N2O4S. The summed E-state index contributed by atoms with van der Waals surface area (Å²) in [5.41, 5.74) is 3.37. The molecule has 0 aliphatic heterocycles. The molecule has 0 bridgehead atoms. The van der Waals surface area contributed by atoms with Crippen molar-refractivity contribution in [2.75, 3.05) is 17.1 Å². The number of hydrogen-bond acceptors (Lipinski definition) is 4. The van der Waals surface area contributed by atoms with Crippen LogP contribution < -0.4 is 14.8 Å².